The van der Waals surface area contributed by atoms with E-state index in [4.69, 9.17) is 4.98 Å². The summed E-state index contributed by atoms with van der Waals surface area (Å²) < 4.78 is 0. The molecule has 0 saturated carbocycles. The second-order valence-electron chi connectivity index (χ2n) is 5.13. The van der Waals surface area contributed by atoms with E-state index in [1.54, 1.807) is 0 Å². The van der Waals surface area contributed by atoms with Gasteiger partial charge in [0.1, 0.15) is 0 Å². The maximum atomic E-state index is 11.8. The van der Waals surface area contributed by atoms with Crippen molar-refractivity contribution in [2.75, 3.05) is 0 Å². The molecule has 0 bridgehead atoms. The van der Waals surface area contributed by atoms with Crippen molar-refractivity contribution in [1.82, 2.24) is 4.98 Å². The van der Waals surface area contributed by atoms with Gasteiger partial charge in [-0.2, -0.15) is 0 Å². The molecular formula is C14H17NO. The van der Waals surface area contributed by atoms with Crippen LogP contribution in [-0.2, 0) is 12.8 Å². The maximum Gasteiger partial charge on any atom is 0.165 e. The maximum absolute atomic E-state index is 11.8. The molecule has 0 aromatic carbocycles. The molecule has 1 unspecified atom stereocenters. The predicted octanol–water partition coefficient (Wildman–Crippen LogP) is 2.96. The fraction of sp³-hybridized carbons (Fsp3) is 0.571. The van der Waals surface area contributed by atoms with Gasteiger partial charge in [0.2, 0.25) is 0 Å². The normalized spacial score (nSPS) is 23.1. The van der Waals surface area contributed by atoms with Gasteiger partial charge in [0, 0.05) is 23.4 Å². The minimum absolute atomic E-state index is 0.307. The quantitative estimate of drug-likeness (QED) is 0.666. The molecule has 1 aromatic heterocycles. The van der Waals surface area contributed by atoms with Gasteiger partial charge in [-0.3, -0.25) is 9.78 Å². The summed E-state index contributed by atoms with van der Waals surface area (Å²) in [6.07, 6.45) is 5.27. The monoisotopic (exact) mass is 215 g/mol. The Morgan fingerprint density at radius 3 is 2.81 bits per heavy atom. The molecule has 0 N–H and O–H groups in total. The molecule has 2 heteroatoms. The Labute approximate surface area is 96.1 Å². The number of rotatable bonds is 0. The fourth-order valence-corrected chi connectivity index (χ4v) is 3.25. The first-order valence-electron chi connectivity index (χ1n) is 6.24. The minimum Gasteiger partial charge on any atom is -0.294 e. The lowest BCUT2D eigenvalue weighted by Gasteiger charge is -2.24. The number of carbonyl (C=O) groups is 1. The highest BCUT2D eigenvalue weighted by molar-refractivity contribution is 6.01. The van der Waals surface area contributed by atoms with Crippen LogP contribution in [0.15, 0.2) is 0 Å². The summed E-state index contributed by atoms with van der Waals surface area (Å²) >= 11 is 0. The van der Waals surface area contributed by atoms with Crippen molar-refractivity contribution in [1.29, 1.82) is 0 Å². The highest BCUT2D eigenvalue weighted by Gasteiger charge is 2.30. The Morgan fingerprint density at radius 1 is 1.19 bits per heavy atom. The number of carbonyl (C=O) groups excluding carboxylic acids is 1. The van der Waals surface area contributed by atoms with E-state index in [1.165, 1.54) is 29.7 Å². The summed E-state index contributed by atoms with van der Waals surface area (Å²) in [5.41, 5.74) is 5.93. The van der Waals surface area contributed by atoms with Crippen LogP contribution in [0.25, 0.3) is 0 Å². The molecule has 0 radical (unpaired) electrons. The van der Waals surface area contributed by atoms with Crippen molar-refractivity contribution >= 4 is 5.78 Å². The Kier molecular flexibility index (Phi) is 2.13. The van der Waals surface area contributed by atoms with Crippen LogP contribution in [0.5, 0.6) is 0 Å². The second-order valence-corrected chi connectivity index (χ2v) is 5.13. The summed E-state index contributed by atoms with van der Waals surface area (Å²) in [5, 5.41) is 0. The summed E-state index contributed by atoms with van der Waals surface area (Å²) in [7, 11) is 0. The third-order valence-electron chi connectivity index (χ3n) is 4.04. The summed E-state index contributed by atoms with van der Waals surface area (Å²) in [4.78, 5) is 16.5. The van der Waals surface area contributed by atoms with E-state index in [0.29, 0.717) is 18.1 Å². The van der Waals surface area contributed by atoms with E-state index in [2.05, 4.69) is 6.92 Å². The zero-order valence-corrected chi connectivity index (χ0v) is 9.97. The third kappa shape index (κ3) is 1.25. The lowest BCUT2D eigenvalue weighted by atomic mass is 9.84. The van der Waals surface area contributed by atoms with Crippen molar-refractivity contribution in [2.45, 2.75) is 51.9 Å². The van der Waals surface area contributed by atoms with Crippen molar-refractivity contribution in [2.24, 2.45) is 0 Å². The first-order valence-corrected chi connectivity index (χ1v) is 6.24. The van der Waals surface area contributed by atoms with Gasteiger partial charge in [0.05, 0.1) is 0 Å². The van der Waals surface area contributed by atoms with Gasteiger partial charge in [-0.15, -0.1) is 0 Å². The van der Waals surface area contributed by atoms with Crippen molar-refractivity contribution in [3.05, 3.63) is 28.1 Å². The van der Waals surface area contributed by atoms with Crippen LogP contribution in [0.1, 0.15) is 65.0 Å². The first kappa shape index (κ1) is 10.0. The summed E-state index contributed by atoms with van der Waals surface area (Å²) in [6.45, 7) is 4.25. The van der Waals surface area contributed by atoms with Gasteiger partial charge in [0.15, 0.2) is 5.78 Å². The molecule has 0 spiro atoms. The van der Waals surface area contributed by atoms with Crippen LogP contribution in [0.3, 0.4) is 0 Å². The number of ketones is 1. The minimum atomic E-state index is 0.307. The van der Waals surface area contributed by atoms with Crippen molar-refractivity contribution < 1.29 is 4.79 Å². The van der Waals surface area contributed by atoms with Crippen LogP contribution in [0.4, 0.5) is 0 Å². The molecule has 0 fully saturated rings. The predicted molar refractivity (Wildman–Crippen MR) is 63.0 cm³/mol. The number of hydrogen-bond donors (Lipinski definition) is 0. The van der Waals surface area contributed by atoms with Gasteiger partial charge in [-0.25, -0.2) is 0 Å². The second kappa shape index (κ2) is 3.41. The smallest absolute Gasteiger partial charge is 0.165 e. The molecule has 2 aliphatic carbocycles. The number of nitrogens with zero attached hydrogens (tertiary/aromatic N) is 1. The third-order valence-corrected chi connectivity index (χ3v) is 4.04. The number of aromatic nitrogens is 1. The van der Waals surface area contributed by atoms with Crippen LogP contribution in [0, 0.1) is 6.92 Å². The molecular weight excluding hydrogens is 198 g/mol. The Hall–Kier alpha value is -1.18. The average Bonchev–Trinajstić information content (AvgIpc) is 2.64. The van der Waals surface area contributed by atoms with Gasteiger partial charge in [0.25, 0.3) is 0 Å². The topological polar surface area (TPSA) is 30.0 Å². The van der Waals surface area contributed by atoms with E-state index in [9.17, 15) is 4.79 Å². The Bertz CT molecular complexity index is 476. The van der Waals surface area contributed by atoms with Gasteiger partial charge >= 0.3 is 0 Å². The number of pyridine rings is 1. The molecule has 84 valence electrons. The lowest BCUT2D eigenvalue weighted by Crippen LogP contribution is -2.14. The first-order chi connectivity index (χ1) is 7.68. The van der Waals surface area contributed by atoms with E-state index in [-0.39, 0.29) is 0 Å². The zero-order chi connectivity index (χ0) is 11.3. The largest absolute Gasteiger partial charge is 0.294 e. The molecule has 1 atom stereocenters. The standard InChI is InChI=1S/C14H17NO/c1-8-4-3-5-11-10-6-7-12(16)13(10)9(2)15-14(8)11/h8H,3-7H2,1-2H3. The van der Waals surface area contributed by atoms with Crippen LogP contribution >= 0.6 is 0 Å². The molecule has 0 aliphatic heterocycles. The molecule has 16 heavy (non-hydrogen) atoms. The SMILES string of the molecule is Cc1nc2c(c3c1C(=O)CC3)CCCC2C. The molecule has 2 aliphatic rings. The number of hydrogen-bond acceptors (Lipinski definition) is 2. The Morgan fingerprint density at radius 2 is 2.00 bits per heavy atom. The van der Waals surface area contributed by atoms with E-state index in [0.717, 1.165) is 24.1 Å². The lowest BCUT2D eigenvalue weighted by molar-refractivity contribution is 0.0993. The van der Waals surface area contributed by atoms with Gasteiger partial charge in [-0.05, 0) is 49.7 Å². The number of Topliss-reactive ketones (excluding diaryl/α,β-unsaturated/α-hetero) is 1. The van der Waals surface area contributed by atoms with Crippen LogP contribution in [-0.4, -0.2) is 10.8 Å². The molecule has 1 heterocycles. The molecule has 0 saturated heterocycles. The van der Waals surface area contributed by atoms with E-state index >= 15 is 0 Å². The van der Waals surface area contributed by atoms with Gasteiger partial charge < -0.3 is 0 Å². The van der Waals surface area contributed by atoms with Crippen molar-refractivity contribution in [3.8, 4) is 0 Å². The summed E-state index contributed by atoms with van der Waals surface area (Å²) in [6, 6.07) is 0. The highest BCUT2D eigenvalue weighted by Crippen LogP contribution is 2.37. The van der Waals surface area contributed by atoms with E-state index < -0.39 is 0 Å². The van der Waals surface area contributed by atoms with Crippen LogP contribution in [0.2, 0.25) is 0 Å². The molecule has 3 rings (SSSR count). The molecule has 1 aromatic rings. The van der Waals surface area contributed by atoms with Crippen LogP contribution < -0.4 is 0 Å². The molecule has 0 amide bonds. The number of fused-ring (bicyclic) bond motifs is 3. The van der Waals surface area contributed by atoms with Crippen molar-refractivity contribution in [3.63, 3.8) is 0 Å². The number of aryl methyl sites for hydroxylation is 1. The fourth-order valence-electron chi connectivity index (χ4n) is 3.25. The Balaban J connectivity index is 2.27. The average molecular weight is 215 g/mol. The highest BCUT2D eigenvalue weighted by atomic mass is 16.1. The summed E-state index contributed by atoms with van der Waals surface area (Å²) in [5.74, 6) is 0.879. The van der Waals surface area contributed by atoms with Gasteiger partial charge in [-0.1, -0.05) is 6.92 Å². The zero-order valence-electron chi connectivity index (χ0n) is 9.97. The van der Waals surface area contributed by atoms with E-state index in [1.807, 2.05) is 6.92 Å². The molecule has 2 nitrogen and oxygen atoms in total.